The zero-order valence-electron chi connectivity index (χ0n) is 14.1. The fourth-order valence-electron chi connectivity index (χ4n) is 2.84. The molecular weight excluding hydrogens is 338 g/mol. The number of hydrogen-bond donors (Lipinski definition) is 2. The van der Waals surface area contributed by atoms with Crippen LogP contribution in [0.25, 0.3) is 0 Å². The van der Waals surface area contributed by atoms with Gasteiger partial charge < -0.3 is 24.8 Å². The van der Waals surface area contributed by atoms with E-state index >= 15 is 0 Å². The van der Waals surface area contributed by atoms with Crippen molar-refractivity contribution in [3.05, 3.63) is 42.0 Å². The van der Waals surface area contributed by atoms with Gasteiger partial charge in [-0.2, -0.15) is 0 Å². The third kappa shape index (κ3) is 3.08. The van der Waals surface area contributed by atoms with Gasteiger partial charge in [-0.05, 0) is 36.8 Å². The SMILES string of the molecule is Cc1cc2c(cc1NC(=O)Nc1cccc(N3CCOC3=O)c1)OCO2. The van der Waals surface area contributed by atoms with Crippen LogP contribution in [0.5, 0.6) is 11.5 Å². The normalized spacial score (nSPS) is 15.0. The number of aryl methyl sites for hydroxylation is 1. The maximum absolute atomic E-state index is 12.3. The van der Waals surface area contributed by atoms with Crippen LogP contribution >= 0.6 is 0 Å². The lowest BCUT2D eigenvalue weighted by atomic mass is 10.2. The molecule has 4 rings (SSSR count). The van der Waals surface area contributed by atoms with E-state index in [0.717, 1.165) is 5.56 Å². The Hall–Kier alpha value is -3.42. The number of fused-ring (bicyclic) bond motifs is 1. The molecule has 0 spiro atoms. The second-order valence-electron chi connectivity index (χ2n) is 5.92. The number of anilines is 3. The fraction of sp³-hybridized carbons (Fsp3) is 0.222. The summed E-state index contributed by atoms with van der Waals surface area (Å²) in [7, 11) is 0. The summed E-state index contributed by atoms with van der Waals surface area (Å²) in [6.45, 7) is 2.90. The van der Waals surface area contributed by atoms with Crippen LogP contribution in [0.2, 0.25) is 0 Å². The molecule has 2 aliphatic rings. The Labute approximate surface area is 149 Å². The maximum Gasteiger partial charge on any atom is 0.414 e. The summed E-state index contributed by atoms with van der Waals surface area (Å²) >= 11 is 0. The minimum absolute atomic E-state index is 0.177. The third-order valence-corrected chi connectivity index (χ3v) is 4.14. The number of benzene rings is 2. The van der Waals surface area contributed by atoms with Gasteiger partial charge in [0.25, 0.3) is 0 Å². The summed E-state index contributed by atoms with van der Waals surface area (Å²) in [4.78, 5) is 25.5. The van der Waals surface area contributed by atoms with Gasteiger partial charge in [0.05, 0.1) is 6.54 Å². The molecule has 0 aromatic heterocycles. The van der Waals surface area contributed by atoms with E-state index in [2.05, 4.69) is 10.6 Å². The molecule has 0 unspecified atom stereocenters. The van der Waals surface area contributed by atoms with Crippen LogP contribution in [0.15, 0.2) is 36.4 Å². The lowest BCUT2D eigenvalue weighted by Gasteiger charge is -2.15. The Morgan fingerprint density at radius 2 is 1.88 bits per heavy atom. The van der Waals surface area contributed by atoms with E-state index in [1.165, 1.54) is 4.90 Å². The number of nitrogens with one attached hydrogen (secondary N) is 2. The van der Waals surface area contributed by atoms with Crippen molar-refractivity contribution in [2.24, 2.45) is 0 Å². The summed E-state index contributed by atoms with van der Waals surface area (Å²) in [5, 5.41) is 5.56. The smallest absolute Gasteiger partial charge is 0.414 e. The molecule has 3 amide bonds. The lowest BCUT2D eigenvalue weighted by molar-refractivity contribution is 0.174. The average molecular weight is 355 g/mol. The highest BCUT2D eigenvalue weighted by atomic mass is 16.7. The van der Waals surface area contributed by atoms with Crippen LogP contribution in [0.4, 0.5) is 26.7 Å². The molecule has 0 radical (unpaired) electrons. The van der Waals surface area contributed by atoms with Gasteiger partial charge in [-0.3, -0.25) is 4.90 Å². The molecule has 0 aliphatic carbocycles. The highest BCUT2D eigenvalue weighted by Crippen LogP contribution is 2.36. The summed E-state index contributed by atoms with van der Waals surface area (Å²) in [6.07, 6.45) is -0.386. The molecule has 2 N–H and O–H groups in total. The van der Waals surface area contributed by atoms with Crippen molar-refractivity contribution in [2.45, 2.75) is 6.92 Å². The number of hydrogen-bond acceptors (Lipinski definition) is 5. The number of amides is 3. The first kappa shape index (κ1) is 16.1. The zero-order chi connectivity index (χ0) is 18.1. The fourth-order valence-corrected chi connectivity index (χ4v) is 2.84. The Kier molecular flexibility index (Phi) is 4.00. The van der Waals surface area contributed by atoms with E-state index < -0.39 is 6.03 Å². The van der Waals surface area contributed by atoms with Gasteiger partial charge >= 0.3 is 12.1 Å². The Morgan fingerprint density at radius 3 is 2.65 bits per heavy atom. The molecule has 134 valence electrons. The van der Waals surface area contributed by atoms with Crippen molar-refractivity contribution in [3.63, 3.8) is 0 Å². The van der Waals surface area contributed by atoms with Gasteiger partial charge in [0.1, 0.15) is 6.61 Å². The summed E-state index contributed by atoms with van der Waals surface area (Å²) in [6, 6.07) is 10.2. The molecular formula is C18H17N3O5. The molecule has 0 saturated carbocycles. The summed E-state index contributed by atoms with van der Waals surface area (Å²) in [5.74, 6) is 1.26. The van der Waals surface area contributed by atoms with E-state index in [1.807, 2.05) is 13.0 Å². The Bertz CT molecular complexity index is 883. The largest absolute Gasteiger partial charge is 0.454 e. The van der Waals surface area contributed by atoms with Crippen molar-refractivity contribution in [1.82, 2.24) is 0 Å². The monoisotopic (exact) mass is 355 g/mol. The van der Waals surface area contributed by atoms with Crippen molar-refractivity contribution in [1.29, 1.82) is 0 Å². The molecule has 1 saturated heterocycles. The molecule has 0 atom stereocenters. The van der Waals surface area contributed by atoms with Crippen LogP contribution in [0.1, 0.15) is 5.56 Å². The van der Waals surface area contributed by atoms with Gasteiger partial charge in [-0.1, -0.05) is 6.07 Å². The standard InChI is InChI=1S/C18H17N3O5/c1-11-7-15-16(26-10-25-15)9-14(11)20-17(22)19-12-3-2-4-13(8-12)21-5-6-24-18(21)23/h2-4,7-9H,5-6,10H2,1H3,(H2,19,20,22). The molecule has 26 heavy (non-hydrogen) atoms. The molecule has 2 heterocycles. The van der Waals surface area contributed by atoms with E-state index in [9.17, 15) is 9.59 Å². The van der Waals surface area contributed by atoms with Crippen molar-refractivity contribution >= 4 is 29.2 Å². The topological polar surface area (TPSA) is 89.1 Å². The van der Waals surface area contributed by atoms with Gasteiger partial charge in [0, 0.05) is 23.1 Å². The first-order chi connectivity index (χ1) is 12.6. The van der Waals surface area contributed by atoms with Crippen LogP contribution in [-0.4, -0.2) is 32.1 Å². The van der Waals surface area contributed by atoms with Crippen molar-refractivity contribution in [3.8, 4) is 11.5 Å². The minimum Gasteiger partial charge on any atom is -0.454 e. The van der Waals surface area contributed by atoms with Crippen LogP contribution in [-0.2, 0) is 4.74 Å². The third-order valence-electron chi connectivity index (χ3n) is 4.14. The van der Waals surface area contributed by atoms with E-state index in [1.54, 1.807) is 30.3 Å². The zero-order valence-corrected chi connectivity index (χ0v) is 14.1. The molecule has 1 fully saturated rings. The van der Waals surface area contributed by atoms with E-state index in [4.69, 9.17) is 14.2 Å². The van der Waals surface area contributed by atoms with Crippen molar-refractivity contribution in [2.75, 3.05) is 35.5 Å². The second-order valence-corrected chi connectivity index (χ2v) is 5.92. The predicted molar refractivity (Wildman–Crippen MR) is 95.1 cm³/mol. The number of nitrogens with zero attached hydrogens (tertiary/aromatic N) is 1. The van der Waals surface area contributed by atoms with Gasteiger partial charge in [-0.15, -0.1) is 0 Å². The predicted octanol–water partition coefficient (Wildman–Crippen LogP) is 3.32. The van der Waals surface area contributed by atoms with E-state index in [0.29, 0.717) is 41.7 Å². The molecule has 0 bridgehead atoms. The summed E-state index contributed by atoms with van der Waals surface area (Å²) in [5.41, 5.74) is 2.73. The molecule has 2 aliphatic heterocycles. The average Bonchev–Trinajstić information content (AvgIpc) is 3.23. The summed E-state index contributed by atoms with van der Waals surface area (Å²) < 4.78 is 15.6. The Morgan fingerprint density at radius 1 is 1.08 bits per heavy atom. The van der Waals surface area contributed by atoms with Crippen molar-refractivity contribution < 1.29 is 23.8 Å². The quantitative estimate of drug-likeness (QED) is 0.882. The highest BCUT2D eigenvalue weighted by Gasteiger charge is 2.23. The number of ether oxygens (including phenoxy) is 3. The van der Waals surface area contributed by atoms with Gasteiger partial charge in [-0.25, -0.2) is 9.59 Å². The van der Waals surface area contributed by atoms with Crippen LogP contribution < -0.4 is 25.0 Å². The number of carbonyl (C=O) groups is 2. The van der Waals surface area contributed by atoms with Gasteiger partial charge in [0.2, 0.25) is 6.79 Å². The number of rotatable bonds is 3. The Balaban J connectivity index is 1.46. The molecule has 2 aromatic rings. The molecule has 2 aromatic carbocycles. The second kappa shape index (κ2) is 6.47. The number of cyclic esters (lactones) is 1. The van der Waals surface area contributed by atoms with Gasteiger partial charge in [0.15, 0.2) is 11.5 Å². The van der Waals surface area contributed by atoms with Crippen LogP contribution in [0, 0.1) is 6.92 Å². The number of carbonyl (C=O) groups excluding carboxylic acids is 2. The number of urea groups is 1. The lowest BCUT2D eigenvalue weighted by Crippen LogP contribution is -2.24. The molecule has 8 nitrogen and oxygen atoms in total. The molecule has 8 heteroatoms. The first-order valence-electron chi connectivity index (χ1n) is 8.13. The van der Waals surface area contributed by atoms with Crippen LogP contribution in [0.3, 0.4) is 0 Å². The maximum atomic E-state index is 12.3. The van der Waals surface area contributed by atoms with E-state index in [-0.39, 0.29) is 12.9 Å². The highest BCUT2D eigenvalue weighted by molar-refractivity contribution is 6.01. The first-order valence-corrected chi connectivity index (χ1v) is 8.13. The minimum atomic E-state index is -0.395.